The number of aromatic nitrogens is 1. The molecule has 0 aromatic carbocycles. The van der Waals surface area contributed by atoms with Crippen LogP contribution >= 0.6 is 0 Å². The van der Waals surface area contributed by atoms with Crippen LogP contribution in [0.15, 0.2) is 12.3 Å². The van der Waals surface area contributed by atoms with E-state index in [1.165, 1.54) is 0 Å². The van der Waals surface area contributed by atoms with Crippen molar-refractivity contribution in [1.82, 2.24) is 4.98 Å². The normalized spacial score (nSPS) is 10.7. The van der Waals surface area contributed by atoms with Crippen molar-refractivity contribution in [3.05, 3.63) is 23.5 Å². The van der Waals surface area contributed by atoms with Crippen LogP contribution in [-0.4, -0.2) is 16.7 Å². The first kappa shape index (κ1) is 12.0. The Bertz CT molecular complexity index is 310. The highest BCUT2D eigenvalue weighted by Gasteiger charge is 2.04. The Morgan fingerprint density at radius 1 is 1.47 bits per heavy atom. The van der Waals surface area contributed by atoms with Crippen molar-refractivity contribution in [3.8, 4) is 5.75 Å². The van der Waals surface area contributed by atoms with Gasteiger partial charge in [0.25, 0.3) is 0 Å². The lowest BCUT2D eigenvalue weighted by atomic mass is 10.1. The second-order valence-corrected chi connectivity index (χ2v) is 4.12. The van der Waals surface area contributed by atoms with Crippen LogP contribution in [0.3, 0.4) is 0 Å². The third kappa shape index (κ3) is 3.88. The van der Waals surface area contributed by atoms with Crippen molar-refractivity contribution in [2.75, 3.05) is 6.61 Å². The fourth-order valence-corrected chi connectivity index (χ4v) is 1.22. The van der Waals surface area contributed by atoms with Crippen molar-refractivity contribution in [3.63, 3.8) is 0 Å². The van der Waals surface area contributed by atoms with Gasteiger partial charge in [-0.2, -0.15) is 0 Å². The highest BCUT2D eigenvalue weighted by Crippen LogP contribution is 2.19. The summed E-state index contributed by atoms with van der Waals surface area (Å²) in [6.07, 6.45) is 2.69. The Hall–Kier alpha value is -1.09. The van der Waals surface area contributed by atoms with Crippen LogP contribution in [0, 0.1) is 12.8 Å². The van der Waals surface area contributed by atoms with Crippen LogP contribution in [0.4, 0.5) is 0 Å². The molecule has 0 aliphatic carbocycles. The third-order valence-corrected chi connectivity index (χ3v) is 2.20. The van der Waals surface area contributed by atoms with Gasteiger partial charge in [-0.05, 0) is 19.3 Å². The minimum atomic E-state index is -0.0235. The van der Waals surface area contributed by atoms with Gasteiger partial charge in [0.1, 0.15) is 5.75 Å². The number of aliphatic hydroxyl groups is 1. The van der Waals surface area contributed by atoms with Gasteiger partial charge in [-0.15, -0.1) is 0 Å². The highest BCUT2D eigenvalue weighted by atomic mass is 16.5. The van der Waals surface area contributed by atoms with Crippen LogP contribution in [0.1, 0.15) is 31.5 Å². The number of pyridine rings is 1. The molecule has 0 aliphatic rings. The average Bonchev–Trinajstić information content (AvgIpc) is 2.17. The quantitative estimate of drug-likeness (QED) is 0.809. The van der Waals surface area contributed by atoms with Crippen molar-refractivity contribution in [2.24, 2.45) is 5.92 Å². The van der Waals surface area contributed by atoms with Gasteiger partial charge in [0.05, 0.1) is 13.2 Å². The minimum absolute atomic E-state index is 0.0235. The lowest BCUT2D eigenvalue weighted by Crippen LogP contribution is -2.04. The summed E-state index contributed by atoms with van der Waals surface area (Å²) in [6.45, 7) is 6.90. The number of ether oxygens (including phenoxy) is 1. The monoisotopic (exact) mass is 209 g/mol. The first-order valence-electron chi connectivity index (χ1n) is 5.32. The largest absolute Gasteiger partial charge is 0.493 e. The zero-order chi connectivity index (χ0) is 11.3. The summed E-state index contributed by atoms with van der Waals surface area (Å²) >= 11 is 0. The number of nitrogens with zero attached hydrogens (tertiary/aromatic N) is 1. The molecule has 0 saturated heterocycles. The molecule has 0 unspecified atom stereocenters. The van der Waals surface area contributed by atoms with Crippen LogP contribution in [0.2, 0.25) is 0 Å². The number of aryl methyl sites for hydroxylation is 1. The van der Waals surface area contributed by atoms with Gasteiger partial charge in [0.2, 0.25) is 0 Å². The van der Waals surface area contributed by atoms with Gasteiger partial charge in [0, 0.05) is 23.5 Å². The van der Waals surface area contributed by atoms with E-state index in [0.717, 1.165) is 23.4 Å². The van der Waals surface area contributed by atoms with Gasteiger partial charge < -0.3 is 9.84 Å². The molecule has 0 amide bonds. The first-order valence-corrected chi connectivity index (χ1v) is 5.32. The Morgan fingerprint density at radius 2 is 2.20 bits per heavy atom. The Kier molecular flexibility index (Phi) is 4.56. The summed E-state index contributed by atoms with van der Waals surface area (Å²) in [6, 6.07) is 1.87. The molecular weight excluding hydrogens is 190 g/mol. The SMILES string of the molecule is Cc1cc(OCCC(C)C)c(CO)cn1. The van der Waals surface area contributed by atoms with Gasteiger partial charge in [-0.1, -0.05) is 13.8 Å². The summed E-state index contributed by atoms with van der Waals surface area (Å²) in [5.74, 6) is 1.39. The zero-order valence-corrected chi connectivity index (χ0v) is 9.66. The fraction of sp³-hybridized carbons (Fsp3) is 0.583. The molecule has 1 aromatic rings. The van der Waals surface area contributed by atoms with E-state index in [1.807, 2.05) is 13.0 Å². The maximum atomic E-state index is 9.10. The smallest absolute Gasteiger partial charge is 0.128 e. The molecule has 0 aliphatic heterocycles. The molecule has 15 heavy (non-hydrogen) atoms. The van der Waals surface area contributed by atoms with Gasteiger partial charge in [-0.25, -0.2) is 0 Å². The van der Waals surface area contributed by atoms with E-state index in [2.05, 4.69) is 18.8 Å². The summed E-state index contributed by atoms with van der Waals surface area (Å²) in [4.78, 5) is 4.11. The molecule has 0 saturated carbocycles. The second kappa shape index (κ2) is 5.71. The third-order valence-electron chi connectivity index (χ3n) is 2.20. The van der Waals surface area contributed by atoms with E-state index in [1.54, 1.807) is 6.20 Å². The second-order valence-electron chi connectivity index (χ2n) is 4.12. The predicted molar refractivity (Wildman–Crippen MR) is 59.8 cm³/mol. The molecule has 3 heteroatoms. The van der Waals surface area contributed by atoms with E-state index < -0.39 is 0 Å². The lowest BCUT2D eigenvalue weighted by molar-refractivity contribution is 0.254. The molecule has 0 radical (unpaired) electrons. The summed E-state index contributed by atoms with van der Waals surface area (Å²) < 4.78 is 5.62. The molecule has 1 aromatic heterocycles. The van der Waals surface area contributed by atoms with Gasteiger partial charge in [0.15, 0.2) is 0 Å². The highest BCUT2D eigenvalue weighted by molar-refractivity contribution is 5.32. The van der Waals surface area contributed by atoms with Crippen molar-refractivity contribution in [2.45, 2.75) is 33.8 Å². The molecule has 1 heterocycles. The van der Waals surface area contributed by atoms with Crippen molar-refractivity contribution >= 4 is 0 Å². The molecule has 0 fully saturated rings. The zero-order valence-electron chi connectivity index (χ0n) is 9.66. The number of hydrogen-bond donors (Lipinski definition) is 1. The molecule has 1 N–H and O–H groups in total. The van der Waals surface area contributed by atoms with Crippen LogP contribution in [0.5, 0.6) is 5.75 Å². The van der Waals surface area contributed by atoms with E-state index in [4.69, 9.17) is 9.84 Å². The lowest BCUT2D eigenvalue weighted by Gasteiger charge is -2.11. The van der Waals surface area contributed by atoms with Crippen LogP contribution < -0.4 is 4.74 Å². The van der Waals surface area contributed by atoms with Gasteiger partial charge in [-0.3, -0.25) is 4.98 Å². The Labute approximate surface area is 91.1 Å². The predicted octanol–water partition coefficient (Wildman–Crippen LogP) is 2.31. The topological polar surface area (TPSA) is 42.4 Å². The summed E-state index contributed by atoms with van der Waals surface area (Å²) in [5.41, 5.74) is 1.66. The fourth-order valence-electron chi connectivity index (χ4n) is 1.22. The van der Waals surface area contributed by atoms with Crippen LogP contribution in [-0.2, 0) is 6.61 Å². The Morgan fingerprint density at radius 3 is 2.80 bits per heavy atom. The Balaban J connectivity index is 2.62. The van der Waals surface area contributed by atoms with E-state index >= 15 is 0 Å². The summed E-state index contributed by atoms with van der Waals surface area (Å²) in [5, 5.41) is 9.10. The number of hydrogen-bond acceptors (Lipinski definition) is 3. The molecule has 0 bridgehead atoms. The standard InChI is InChI=1S/C12H19NO2/c1-9(2)4-5-15-12-6-10(3)13-7-11(12)8-14/h6-7,9,14H,4-5,8H2,1-3H3. The van der Waals surface area contributed by atoms with Gasteiger partial charge >= 0.3 is 0 Å². The summed E-state index contributed by atoms with van der Waals surface area (Å²) in [7, 11) is 0. The average molecular weight is 209 g/mol. The van der Waals surface area contributed by atoms with Crippen molar-refractivity contribution < 1.29 is 9.84 Å². The maximum absolute atomic E-state index is 9.10. The molecule has 0 atom stereocenters. The molecule has 0 spiro atoms. The minimum Gasteiger partial charge on any atom is -0.493 e. The number of aliphatic hydroxyl groups excluding tert-OH is 1. The van der Waals surface area contributed by atoms with Crippen LogP contribution in [0.25, 0.3) is 0 Å². The molecule has 84 valence electrons. The molecular formula is C12H19NO2. The molecule has 3 nitrogen and oxygen atoms in total. The van der Waals surface area contributed by atoms with E-state index in [-0.39, 0.29) is 6.61 Å². The van der Waals surface area contributed by atoms with E-state index in [9.17, 15) is 0 Å². The maximum Gasteiger partial charge on any atom is 0.128 e. The first-order chi connectivity index (χ1) is 7.13. The molecule has 1 rings (SSSR count). The van der Waals surface area contributed by atoms with Crippen molar-refractivity contribution in [1.29, 1.82) is 0 Å². The number of rotatable bonds is 5. The van der Waals surface area contributed by atoms with E-state index in [0.29, 0.717) is 12.5 Å².